The van der Waals surface area contributed by atoms with E-state index in [9.17, 15) is 27.2 Å². The molecule has 1 aliphatic rings. The van der Waals surface area contributed by atoms with Crippen molar-refractivity contribution in [1.29, 1.82) is 0 Å². The molecule has 188 valence electrons. The molecule has 0 bridgehead atoms. The van der Waals surface area contributed by atoms with Gasteiger partial charge < -0.3 is 16.0 Å². The quantitative estimate of drug-likeness (QED) is 0.425. The molecule has 0 unspecified atom stereocenters. The topological polar surface area (TPSA) is 102 Å². The van der Waals surface area contributed by atoms with Crippen LogP contribution in [0.3, 0.4) is 0 Å². The molecule has 2 aromatic carbocycles. The third-order valence-electron chi connectivity index (χ3n) is 5.50. The van der Waals surface area contributed by atoms with Crippen LogP contribution in [-0.4, -0.2) is 36.1 Å². The van der Waals surface area contributed by atoms with Gasteiger partial charge in [-0.05, 0) is 42.8 Å². The predicted octanol–water partition coefficient (Wildman–Crippen LogP) is 5.21. The van der Waals surface area contributed by atoms with Gasteiger partial charge in [0.1, 0.15) is 11.6 Å². The fourth-order valence-electron chi connectivity index (χ4n) is 3.72. The molecule has 9 nitrogen and oxygen atoms in total. The first-order valence-electron chi connectivity index (χ1n) is 10.6. The molecule has 4 amide bonds. The zero-order valence-electron chi connectivity index (χ0n) is 19.4. The van der Waals surface area contributed by atoms with Gasteiger partial charge in [0.2, 0.25) is 5.95 Å². The van der Waals surface area contributed by atoms with Crippen LogP contribution in [0.5, 0.6) is 0 Å². The van der Waals surface area contributed by atoms with Gasteiger partial charge in [0.15, 0.2) is 0 Å². The standard InChI is InChI=1S/C23H21F4N7O2/c1-12-7-16(24)17(31-21(35)30-15-6-4-5-14(8-15)23(25,26)27)9-18(12)34-11-13-10-29-20(28-2)32-19(13)33(3)22(34)36/h4-10H,11H2,1-3H3,(H,28,29,32)(H2,30,31,35). The van der Waals surface area contributed by atoms with E-state index in [-0.39, 0.29) is 17.9 Å². The maximum atomic E-state index is 14.7. The van der Waals surface area contributed by atoms with Crippen molar-refractivity contribution < 1.29 is 27.2 Å². The van der Waals surface area contributed by atoms with E-state index in [1.54, 1.807) is 27.2 Å². The van der Waals surface area contributed by atoms with Crippen LogP contribution in [0.4, 0.5) is 56.0 Å². The van der Waals surface area contributed by atoms with Crippen LogP contribution in [0, 0.1) is 12.7 Å². The summed E-state index contributed by atoms with van der Waals surface area (Å²) in [6, 6.07) is 5.09. The Morgan fingerprint density at radius 2 is 1.89 bits per heavy atom. The maximum absolute atomic E-state index is 14.7. The molecule has 13 heteroatoms. The molecule has 0 aliphatic carbocycles. The number of hydrogen-bond acceptors (Lipinski definition) is 5. The van der Waals surface area contributed by atoms with Crippen molar-refractivity contribution in [3.63, 3.8) is 0 Å². The van der Waals surface area contributed by atoms with Gasteiger partial charge >= 0.3 is 18.2 Å². The number of carbonyl (C=O) groups is 2. The van der Waals surface area contributed by atoms with Gasteiger partial charge in [-0.2, -0.15) is 18.2 Å². The fraction of sp³-hybridized carbons (Fsp3) is 0.217. The number of aryl methyl sites for hydroxylation is 1. The minimum Gasteiger partial charge on any atom is -0.357 e. The third kappa shape index (κ3) is 4.85. The van der Waals surface area contributed by atoms with Crippen molar-refractivity contribution in [2.75, 3.05) is 39.8 Å². The van der Waals surface area contributed by atoms with E-state index in [1.807, 2.05) is 0 Å². The van der Waals surface area contributed by atoms with Crippen LogP contribution in [0.25, 0.3) is 0 Å². The average Bonchev–Trinajstić information content (AvgIpc) is 2.82. The third-order valence-corrected chi connectivity index (χ3v) is 5.50. The second-order valence-electron chi connectivity index (χ2n) is 8.00. The number of halogens is 4. The van der Waals surface area contributed by atoms with E-state index in [0.717, 1.165) is 24.3 Å². The Bertz CT molecular complexity index is 1350. The average molecular weight is 503 g/mol. The molecule has 3 aromatic rings. The highest BCUT2D eigenvalue weighted by Crippen LogP contribution is 2.34. The summed E-state index contributed by atoms with van der Waals surface area (Å²) in [7, 11) is 3.19. The number of alkyl halides is 3. The number of fused-ring (bicyclic) bond motifs is 1. The lowest BCUT2D eigenvalue weighted by molar-refractivity contribution is -0.137. The predicted molar refractivity (Wildman–Crippen MR) is 127 cm³/mol. The molecule has 3 N–H and O–H groups in total. The van der Waals surface area contributed by atoms with Crippen LogP contribution < -0.4 is 25.8 Å². The zero-order valence-corrected chi connectivity index (χ0v) is 19.4. The molecule has 2 heterocycles. The lowest BCUT2D eigenvalue weighted by Gasteiger charge is -2.35. The summed E-state index contributed by atoms with van der Waals surface area (Å²) >= 11 is 0. The van der Waals surface area contributed by atoms with Gasteiger partial charge in [-0.15, -0.1) is 0 Å². The normalized spacial score (nSPS) is 13.4. The Morgan fingerprint density at radius 3 is 2.58 bits per heavy atom. The highest BCUT2D eigenvalue weighted by Gasteiger charge is 2.32. The van der Waals surface area contributed by atoms with Crippen LogP contribution in [0.2, 0.25) is 0 Å². The van der Waals surface area contributed by atoms with Crippen molar-refractivity contribution in [3.8, 4) is 0 Å². The zero-order chi connectivity index (χ0) is 26.2. The van der Waals surface area contributed by atoms with Crippen molar-refractivity contribution in [2.24, 2.45) is 0 Å². The molecule has 0 saturated carbocycles. The number of nitrogens with zero attached hydrogens (tertiary/aromatic N) is 4. The molecule has 0 fully saturated rings. The second kappa shape index (κ2) is 9.32. The van der Waals surface area contributed by atoms with E-state index in [4.69, 9.17) is 0 Å². The number of benzene rings is 2. The molecule has 4 rings (SSSR count). The number of anilines is 5. The Labute approximate surface area is 203 Å². The Hall–Kier alpha value is -4.42. The van der Waals surface area contributed by atoms with Crippen molar-refractivity contribution in [2.45, 2.75) is 19.6 Å². The molecular weight excluding hydrogens is 482 g/mol. The first-order chi connectivity index (χ1) is 17.0. The summed E-state index contributed by atoms with van der Waals surface area (Å²) in [4.78, 5) is 36.7. The summed E-state index contributed by atoms with van der Waals surface area (Å²) in [6.45, 7) is 1.71. The van der Waals surface area contributed by atoms with E-state index < -0.39 is 29.6 Å². The summed E-state index contributed by atoms with van der Waals surface area (Å²) in [5.41, 5.74) is 0.0726. The van der Waals surface area contributed by atoms with Gasteiger partial charge in [-0.25, -0.2) is 19.0 Å². The Morgan fingerprint density at radius 1 is 1.14 bits per heavy atom. The fourth-order valence-corrected chi connectivity index (χ4v) is 3.72. The number of aromatic nitrogens is 2. The second-order valence-corrected chi connectivity index (χ2v) is 8.00. The first kappa shape index (κ1) is 24.7. The lowest BCUT2D eigenvalue weighted by Crippen LogP contribution is -2.46. The Kier molecular flexibility index (Phi) is 6.39. The summed E-state index contributed by atoms with van der Waals surface area (Å²) in [5.74, 6) is -0.0112. The summed E-state index contributed by atoms with van der Waals surface area (Å²) in [5, 5.41) is 7.36. The molecule has 1 aromatic heterocycles. The number of nitrogens with one attached hydrogen (secondary N) is 3. The van der Waals surface area contributed by atoms with Crippen LogP contribution >= 0.6 is 0 Å². The highest BCUT2D eigenvalue weighted by atomic mass is 19.4. The number of hydrogen-bond donors (Lipinski definition) is 3. The van der Waals surface area contributed by atoms with E-state index >= 15 is 0 Å². The molecule has 0 radical (unpaired) electrons. The monoisotopic (exact) mass is 503 g/mol. The van der Waals surface area contributed by atoms with Gasteiger partial charge in [-0.1, -0.05) is 6.07 Å². The number of amides is 4. The van der Waals surface area contributed by atoms with E-state index in [1.165, 1.54) is 21.9 Å². The largest absolute Gasteiger partial charge is 0.416 e. The molecule has 0 saturated heterocycles. The molecular formula is C23H21F4N7O2. The highest BCUT2D eigenvalue weighted by molar-refractivity contribution is 6.06. The molecule has 1 aliphatic heterocycles. The SMILES string of the molecule is CNc1ncc2c(n1)N(C)C(=O)N(c1cc(NC(=O)Nc3cccc(C(F)(F)F)c3)c(F)cc1C)C2. The summed E-state index contributed by atoms with van der Waals surface area (Å²) in [6.07, 6.45) is -3.01. The van der Waals surface area contributed by atoms with Crippen molar-refractivity contribution >= 4 is 40.9 Å². The van der Waals surface area contributed by atoms with Gasteiger partial charge in [0.25, 0.3) is 0 Å². The van der Waals surface area contributed by atoms with Crippen molar-refractivity contribution in [1.82, 2.24) is 9.97 Å². The molecule has 36 heavy (non-hydrogen) atoms. The van der Waals surface area contributed by atoms with Crippen molar-refractivity contribution in [3.05, 3.63) is 65.1 Å². The minimum atomic E-state index is -4.58. The van der Waals surface area contributed by atoms with Crippen LogP contribution in [0.1, 0.15) is 16.7 Å². The number of carbonyl (C=O) groups excluding carboxylic acids is 2. The van der Waals surface area contributed by atoms with Crippen LogP contribution in [0.15, 0.2) is 42.6 Å². The minimum absolute atomic E-state index is 0.102. The molecule has 0 spiro atoms. The van der Waals surface area contributed by atoms with Gasteiger partial charge in [-0.3, -0.25) is 9.80 Å². The van der Waals surface area contributed by atoms with Gasteiger partial charge in [0, 0.05) is 31.5 Å². The van der Waals surface area contributed by atoms with E-state index in [2.05, 4.69) is 25.9 Å². The first-order valence-corrected chi connectivity index (χ1v) is 10.6. The lowest BCUT2D eigenvalue weighted by atomic mass is 10.1. The van der Waals surface area contributed by atoms with E-state index in [0.29, 0.717) is 28.6 Å². The molecule has 0 atom stereocenters. The maximum Gasteiger partial charge on any atom is 0.416 e. The summed E-state index contributed by atoms with van der Waals surface area (Å²) < 4.78 is 53.5. The smallest absolute Gasteiger partial charge is 0.357 e. The van der Waals surface area contributed by atoms with Gasteiger partial charge in [0.05, 0.1) is 23.5 Å². The Balaban J connectivity index is 1.58. The number of urea groups is 2. The van der Waals surface area contributed by atoms with Crippen LogP contribution in [-0.2, 0) is 12.7 Å². The number of rotatable bonds is 4.